The summed E-state index contributed by atoms with van der Waals surface area (Å²) in [6.45, 7) is 7.03. The highest BCUT2D eigenvalue weighted by atomic mass is 16.5. The third-order valence-corrected chi connectivity index (χ3v) is 3.04. The molecule has 1 atom stereocenters. The standard InChI is InChI=1S/C15H24N2O2/c1-11(2)19-9-8-17(4)15(18)12(3)13-6-5-7-14(16)10-13/h5-7,10-12H,8-9,16H2,1-4H3. The Hall–Kier alpha value is -1.55. The SMILES string of the molecule is CC(C)OCCN(C)C(=O)C(C)c1cccc(N)c1. The molecule has 1 amide bonds. The van der Waals surface area contributed by atoms with E-state index in [9.17, 15) is 4.79 Å². The number of rotatable bonds is 6. The molecular weight excluding hydrogens is 240 g/mol. The lowest BCUT2D eigenvalue weighted by atomic mass is 9.99. The van der Waals surface area contributed by atoms with Crippen molar-refractivity contribution in [2.75, 3.05) is 25.9 Å². The first kappa shape index (κ1) is 15.5. The van der Waals surface area contributed by atoms with Crippen molar-refractivity contribution in [3.63, 3.8) is 0 Å². The van der Waals surface area contributed by atoms with Gasteiger partial charge in [-0.25, -0.2) is 0 Å². The van der Waals surface area contributed by atoms with Crippen LogP contribution in [-0.2, 0) is 9.53 Å². The Labute approximate surface area is 115 Å². The van der Waals surface area contributed by atoms with Crippen LogP contribution in [0.5, 0.6) is 0 Å². The Balaban J connectivity index is 2.56. The normalized spacial score (nSPS) is 12.5. The fourth-order valence-electron chi connectivity index (χ4n) is 1.84. The number of nitrogens with zero attached hydrogens (tertiary/aromatic N) is 1. The molecule has 0 spiro atoms. The second-order valence-electron chi connectivity index (χ2n) is 5.07. The van der Waals surface area contributed by atoms with E-state index in [0.717, 1.165) is 5.56 Å². The van der Waals surface area contributed by atoms with E-state index in [4.69, 9.17) is 10.5 Å². The Morgan fingerprint density at radius 3 is 2.63 bits per heavy atom. The van der Waals surface area contributed by atoms with E-state index < -0.39 is 0 Å². The second-order valence-corrected chi connectivity index (χ2v) is 5.07. The number of ether oxygens (including phenoxy) is 1. The van der Waals surface area contributed by atoms with Crippen molar-refractivity contribution in [1.29, 1.82) is 0 Å². The monoisotopic (exact) mass is 264 g/mol. The van der Waals surface area contributed by atoms with E-state index in [1.54, 1.807) is 11.9 Å². The smallest absolute Gasteiger partial charge is 0.229 e. The largest absolute Gasteiger partial charge is 0.399 e. The molecule has 0 aliphatic heterocycles. The van der Waals surface area contributed by atoms with E-state index in [-0.39, 0.29) is 17.9 Å². The number of amides is 1. The topological polar surface area (TPSA) is 55.6 Å². The molecule has 4 nitrogen and oxygen atoms in total. The summed E-state index contributed by atoms with van der Waals surface area (Å²) >= 11 is 0. The van der Waals surface area contributed by atoms with Crippen LogP contribution in [0.1, 0.15) is 32.3 Å². The summed E-state index contributed by atoms with van der Waals surface area (Å²) in [6, 6.07) is 7.47. The van der Waals surface area contributed by atoms with Crippen LogP contribution in [0.15, 0.2) is 24.3 Å². The van der Waals surface area contributed by atoms with Crippen LogP contribution in [0, 0.1) is 0 Å². The van der Waals surface area contributed by atoms with Gasteiger partial charge in [-0.05, 0) is 38.5 Å². The van der Waals surface area contributed by atoms with Crippen LogP contribution in [0.4, 0.5) is 5.69 Å². The first-order valence-corrected chi connectivity index (χ1v) is 6.63. The van der Waals surface area contributed by atoms with Crippen molar-refractivity contribution >= 4 is 11.6 Å². The van der Waals surface area contributed by atoms with Crippen LogP contribution in [0.25, 0.3) is 0 Å². The van der Waals surface area contributed by atoms with Gasteiger partial charge in [-0.1, -0.05) is 12.1 Å². The van der Waals surface area contributed by atoms with E-state index in [0.29, 0.717) is 18.8 Å². The van der Waals surface area contributed by atoms with Crippen molar-refractivity contribution in [3.8, 4) is 0 Å². The molecule has 0 fully saturated rings. The molecule has 0 aromatic heterocycles. The maximum atomic E-state index is 12.3. The van der Waals surface area contributed by atoms with Gasteiger partial charge in [0.15, 0.2) is 0 Å². The molecular formula is C15H24N2O2. The molecule has 1 rings (SSSR count). The molecule has 0 radical (unpaired) electrons. The zero-order chi connectivity index (χ0) is 14.4. The molecule has 4 heteroatoms. The number of hydrogen-bond acceptors (Lipinski definition) is 3. The van der Waals surface area contributed by atoms with E-state index in [2.05, 4.69) is 0 Å². The van der Waals surface area contributed by atoms with Crippen molar-refractivity contribution in [3.05, 3.63) is 29.8 Å². The maximum absolute atomic E-state index is 12.3. The van der Waals surface area contributed by atoms with Crippen molar-refractivity contribution in [1.82, 2.24) is 4.90 Å². The summed E-state index contributed by atoms with van der Waals surface area (Å²) < 4.78 is 5.45. The Bertz CT molecular complexity index is 418. The average Bonchev–Trinajstić information content (AvgIpc) is 2.36. The van der Waals surface area contributed by atoms with Crippen molar-refractivity contribution < 1.29 is 9.53 Å². The van der Waals surface area contributed by atoms with Gasteiger partial charge < -0.3 is 15.4 Å². The number of nitrogen functional groups attached to an aromatic ring is 1. The Morgan fingerprint density at radius 2 is 2.05 bits per heavy atom. The first-order chi connectivity index (χ1) is 8.91. The maximum Gasteiger partial charge on any atom is 0.229 e. The molecule has 106 valence electrons. The minimum atomic E-state index is -0.187. The molecule has 2 N–H and O–H groups in total. The highest BCUT2D eigenvalue weighted by molar-refractivity contribution is 5.83. The predicted octanol–water partition coefficient (Wildman–Crippen LogP) is 2.26. The fraction of sp³-hybridized carbons (Fsp3) is 0.533. The molecule has 0 bridgehead atoms. The molecule has 1 unspecified atom stereocenters. The summed E-state index contributed by atoms with van der Waals surface area (Å²) in [6.07, 6.45) is 0.190. The minimum absolute atomic E-state index is 0.0814. The molecule has 0 saturated carbocycles. The zero-order valence-corrected chi connectivity index (χ0v) is 12.2. The van der Waals surface area contributed by atoms with Gasteiger partial charge in [-0.15, -0.1) is 0 Å². The van der Waals surface area contributed by atoms with Crippen molar-refractivity contribution in [2.24, 2.45) is 0 Å². The number of hydrogen-bond donors (Lipinski definition) is 1. The quantitative estimate of drug-likeness (QED) is 0.802. The van der Waals surface area contributed by atoms with Crippen LogP contribution in [0.2, 0.25) is 0 Å². The van der Waals surface area contributed by atoms with Crippen molar-refractivity contribution in [2.45, 2.75) is 32.8 Å². The lowest BCUT2D eigenvalue weighted by Gasteiger charge is -2.22. The minimum Gasteiger partial charge on any atom is -0.399 e. The third kappa shape index (κ3) is 4.91. The Morgan fingerprint density at radius 1 is 1.37 bits per heavy atom. The Kier molecular flexibility index (Phi) is 5.83. The third-order valence-electron chi connectivity index (χ3n) is 3.04. The van der Waals surface area contributed by atoms with Gasteiger partial charge in [-0.3, -0.25) is 4.79 Å². The molecule has 19 heavy (non-hydrogen) atoms. The lowest BCUT2D eigenvalue weighted by Crippen LogP contribution is -2.33. The molecule has 0 aliphatic carbocycles. The predicted molar refractivity (Wildman–Crippen MR) is 78.0 cm³/mol. The van der Waals surface area contributed by atoms with Gasteiger partial charge in [-0.2, -0.15) is 0 Å². The summed E-state index contributed by atoms with van der Waals surface area (Å²) in [7, 11) is 1.80. The van der Waals surface area contributed by atoms with E-state index in [1.165, 1.54) is 0 Å². The van der Waals surface area contributed by atoms with Gasteiger partial charge in [0.25, 0.3) is 0 Å². The summed E-state index contributed by atoms with van der Waals surface area (Å²) in [4.78, 5) is 14.0. The van der Waals surface area contributed by atoms with Crippen LogP contribution >= 0.6 is 0 Å². The molecule has 0 aliphatic rings. The lowest BCUT2D eigenvalue weighted by molar-refractivity contribution is -0.132. The number of benzene rings is 1. The van der Waals surface area contributed by atoms with Crippen LogP contribution in [0.3, 0.4) is 0 Å². The second kappa shape index (κ2) is 7.14. The highest BCUT2D eigenvalue weighted by Crippen LogP contribution is 2.19. The zero-order valence-electron chi connectivity index (χ0n) is 12.2. The number of carbonyl (C=O) groups is 1. The molecule has 0 saturated heterocycles. The van der Waals surface area contributed by atoms with Crippen LogP contribution in [-0.4, -0.2) is 37.1 Å². The van der Waals surface area contributed by atoms with E-state index >= 15 is 0 Å². The molecule has 1 aromatic rings. The average molecular weight is 264 g/mol. The van der Waals surface area contributed by atoms with Gasteiger partial charge in [0, 0.05) is 19.3 Å². The van der Waals surface area contributed by atoms with Gasteiger partial charge in [0.1, 0.15) is 0 Å². The summed E-state index contributed by atoms with van der Waals surface area (Å²) in [5.41, 5.74) is 7.37. The van der Waals surface area contributed by atoms with Gasteiger partial charge in [0.05, 0.1) is 18.6 Å². The van der Waals surface area contributed by atoms with Gasteiger partial charge >= 0.3 is 0 Å². The molecule has 1 aromatic carbocycles. The number of likely N-dealkylation sites (N-methyl/N-ethyl adjacent to an activating group) is 1. The fourth-order valence-corrected chi connectivity index (χ4v) is 1.84. The van der Waals surface area contributed by atoms with E-state index in [1.807, 2.05) is 45.0 Å². The van der Waals surface area contributed by atoms with Crippen LogP contribution < -0.4 is 5.73 Å². The summed E-state index contributed by atoms with van der Waals surface area (Å²) in [5, 5.41) is 0. The van der Waals surface area contributed by atoms with Gasteiger partial charge in [0.2, 0.25) is 5.91 Å². The molecule has 0 heterocycles. The number of anilines is 1. The number of carbonyl (C=O) groups excluding carboxylic acids is 1. The highest BCUT2D eigenvalue weighted by Gasteiger charge is 2.19. The summed E-state index contributed by atoms with van der Waals surface area (Å²) in [5.74, 6) is -0.106. The first-order valence-electron chi connectivity index (χ1n) is 6.63. The number of nitrogens with two attached hydrogens (primary N) is 1.